The zero-order valence-corrected chi connectivity index (χ0v) is 20.6. The Balaban J connectivity index is 1.34. The summed E-state index contributed by atoms with van der Waals surface area (Å²) in [6, 6.07) is 15.5. The number of hydrogen-bond acceptors (Lipinski definition) is 7. The van der Waals surface area contributed by atoms with Gasteiger partial charge in [-0.15, -0.1) is 0 Å². The number of benzene rings is 2. The molecule has 4 aromatic rings. The molecule has 1 amide bonds. The van der Waals surface area contributed by atoms with E-state index < -0.39 is 0 Å². The van der Waals surface area contributed by atoms with Crippen LogP contribution in [-0.2, 0) is 4.79 Å². The first kappa shape index (κ1) is 23.0. The van der Waals surface area contributed by atoms with E-state index in [0.717, 1.165) is 48.3 Å². The largest absolute Gasteiger partial charge is 0.493 e. The summed E-state index contributed by atoms with van der Waals surface area (Å²) in [4.78, 5) is 22.8. The fraction of sp³-hybridized carbons (Fsp3) is 0.286. The van der Waals surface area contributed by atoms with Crippen molar-refractivity contribution in [2.24, 2.45) is 11.8 Å². The first-order chi connectivity index (χ1) is 18.1. The van der Waals surface area contributed by atoms with Gasteiger partial charge in [0.1, 0.15) is 23.6 Å². The van der Waals surface area contributed by atoms with Crippen molar-refractivity contribution in [1.82, 2.24) is 24.6 Å². The smallest absolute Gasteiger partial charge is 0.245 e. The van der Waals surface area contributed by atoms with E-state index >= 15 is 0 Å². The van der Waals surface area contributed by atoms with Gasteiger partial charge in [-0.05, 0) is 61.1 Å². The highest BCUT2D eigenvalue weighted by Crippen LogP contribution is 2.46. The number of nitrogen functional groups attached to an aromatic ring is 1. The molecule has 2 N–H and O–H groups in total. The molecule has 6 rings (SSSR count). The minimum atomic E-state index is 0.00641. The van der Waals surface area contributed by atoms with Gasteiger partial charge in [-0.25, -0.2) is 14.6 Å². The molecule has 3 heterocycles. The minimum Gasteiger partial charge on any atom is -0.493 e. The monoisotopic (exact) mass is 496 g/mol. The Bertz CT molecular complexity index is 1470. The number of nitrogens with zero attached hydrogens (tertiary/aromatic N) is 5. The molecule has 188 valence electrons. The minimum absolute atomic E-state index is 0.00641. The van der Waals surface area contributed by atoms with Gasteiger partial charge in [-0.3, -0.25) is 4.79 Å². The number of aromatic nitrogens is 4. The number of ether oxygens (including phenoxy) is 2. The summed E-state index contributed by atoms with van der Waals surface area (Å²) in [6.07, 6.45) is 4.74. The maximum Gasteiger partial charge on any atom is 0.245 e. The molecule has 1 saturated heterocycles. The molecular formula is C28H28N6O3. The highest BCUT2D eigenvalue weighted by atomic mass is 16.5. The molecular weight excluding hydrogens is 468 g/mol. The van der Waals surface area contributed by atoms with Gasteiger partial charge in [0.05, 0.1) is 18.5 Å². The molecule has 37 heavy (non-hydrogen) atoms. The topological polar surface area (TPSA) is 108 Å². The van der Waals surface area contributed by atoms with Crippen LogP contribution in [0, 0.1) is 11.8 Å². The van der Waals surface area contributed by atoms with E-state index in [1.807, 2.05) is 58.1 Å². The first-order valence-electron chi connectivity index (χ1n) is 12.4. The van der Waals surface area contributed by atoms with Crippen molar-refractivity contribution in [3.8, 4) is 28.5 Å². The summed E-state index contributed by atoms with van der Waals surface area (Å²) in [5.74, 6) is 3.17. The van der Waals surface area contributed by atoms with Crippen molar-refractivity contribution in [2.75, 3.05) is 25.9 Å². The van der Waals surface area contributed by atoms with Crippen molar-refractivity contribution >= 4 is 22.8 Å². The molecule has 9 nitrogen and oxygen atoms in total. The zero-order valence-electron chi connectivity index (χ0n) is 20.6. The number of anilines is 1. The van der Waals surface area contributed by atoms with Crippen molar-refractivity contribution in [3.63, 3.8) is 0 Å². The van der Waals surface area contributed by atoms with Crippen LogP contribution in [0.5, 0.6) is 17.2 Å². The molecule has 1 saturated carbocycles. The number of para-hydroxylation sites is 1. The van der Waals surface area contributed by atoms with Gasteiger partial charge in [0, 0.05) is 18.7 Å². The SMILES string of the molecule is C=CC(=O)N1CC2CC(n3nc(-c4ccc(Oc5ccccc5)c(OC)c4)c4c(N)ncnc43)CC2C1. The van der Waals surface area contributed by atoms with E-state index in [-0.39, 0.29) is 11.9 Å². The molecule has 0 bridgehead atoms. The number of likely N-dealkylation sites (tertiary alicyclic amines) is 1. The maximum absolute atomic E-state index is 12.1. The maximum atomic E-state index is 12.1. The average molecular weight is 497 g/mol. The van der Waals surface area contributed by atoms with Crippen LogP contribution in [0.4, 0.5) is 5.82 Å². The summed E-state index contributed by atoms with van der Waals surface area (Å²) in [5, 5.41) is 5.75. The summed E-state index contributed by atoms with van der Waals surface area (Å²) < 4.78 is 13.7. The fourth-order valence-corrected chi connectivity index (χ4v) is 5.74. The number of fused-ring (bicyclic) bond motifs is 2. The van der Waals surface area contributed by atoms with Crippen molar-refractivity contribution in [3.05, 3.63) is 67.5 Å². The summed E-state index contributed by atoms with van der Waals surface area (Å²) in [5.41, 5.74) is 8.61. The van der Waals surface area contributed by atoms with E-state index in [4.69, 9.17) is 20.3 Å². The van der Waals surface area contributed by atoms with Crippen LogP contribution in [0.3, 0.4) is 0 Å². The standard InChI is InChI=1S/C28H28N6O3/c1-3-24(35)33-14-18-11-20(12-19(18)15-33)34-28-25(27(29)30-16-31-28)26(32-34)17-9-10-22(23(13-17)36-2)37-21-7-5-4-6-8-21/h3-10,13,16,18-20H,1,11-12,14-15H2,2H3,(H2,29,30,31). The Labute approximate surface area is 214 Å². The van der Waals surface area contributed by atoms with Gasteiger partial charge in [0.15, 0.2) is 17.1 Å². The summed E-state index contributed by atoms with van der Waals surface area (Å²) in [7, 11) is 1.61. The molecule has 2 aromatic carbocycles. The third-order valence-corrected chi connectivity index (χ3v) is 7.48. The van der Waals surface area contributed by atoms with Crippen LogP contribution in [-0.4, -0.2) is 50.8 Å². The quantitative estimate of drug-likeness (QED) is 0.392. The lowest BCUT2D eigenvalue weighted by Crippen LogP contribution is -2.28. The molecule has 0 radical (unpaired) electrons. The van der Waals surface area contributed by atoms with Gasteiger partial charge >= 0.3 is 0 Å². The third-order valence-electron chi connectivity index (χ3n) is 7.48. The second-order valence-corrected chi connectivity index (χ2v) is 9.62. The molecule has 2 atom stereocenters. The predicted octanol–water partition coefficient (Wildman–Crippen LogP) is 4.47. The summed E-state index contributed by atoms with van der Waals surface area (Å²) in [6.45, 7) is 5.14. The molecule has 0 spiro atoms. The zero-order chi connectivity index (χ0) is 25.5. The fourth-order valence-electron chi connectivity index (χ4n) is 5.74. The number of methoxy groups -OCH3 is 1. The number of carbonyl (C=O) groups is 1. The van der Waals surface area contributed by atoms with Gasteiger partial charge < -0.3 is 20.1 Å². The van der Waals surface area contributed by atoms with Crippen molar-refractivity contribution in [1.29, 1.82) is 0 Å². The first-order valence-corrected chi connectivity index (χ1v) is 12.4. The Hall–Kier alpha value is -4.40. The molecule has 2 aromatic heterocycles. The van der Waals surface area contributed by atoms with Crippen LogP contribution < -0.4 is 15.2 Å². The highest BCUT2D eigenvalue weighted by Gasteiger charge is 2.43. The van der Waals surface area contributed by atoms with Crippen LogP contribution >= 0.6 is 0 Å². The van der Waals surface area contributed by atoms with Crippen molar-refractivity contribution in [2.45, 2.75) is 18.9 Å². The van der Waals surface area contributed by atoms with Crippen LogP contribution in [0.25, 0.3) is 22.3 Å². The Morgan fingerprint density at radius 2 is 1.84 bits per heavy atom. The van der Waals surface area contributed by atoms with E-state index in [1.54, 1.807) is 7.11 Å². The Morgan fingerprint density at radius 3 is 2.54 bits per heavy atom. The highest BCUT2D eigenvalue weighted by molar-refractivity contribution is 5.98. The lowest BCUT2D eigenvalue weighted by atomic mass is 10.0. The van der Waals surface area contributed by atoms with E-state index in [9.17, 15) is 4.79 Å². The van der Waals surface area contributed by atoms with E-state index in [0.29, 0.717) is 34.8 Å². The number of hydrogen-bond donors (Lipinski definition) is 1. The van der Waals surface area contributed by atoms with Gasteiger partial charge in [0.2, 0.25) is 5.91 Å². The predicted molar refractivity (Wildman–Crippen MR) is 140 cm³/mol. The lowest BCUT2D eigenvalue weighted by Gasteiger charge is -2.18. The van der Waals surface area contributed by atoms with Gasteiger partial charge in [-0.2, -0.15) is 5.10 Å². The van der Waals surface area contributed by atoms with Crippen LogP contribution in [0.2, 0.25) is 0 Å². The number of nitrogens with two attached hydrogens (primary N) is 1. The van der Waals surface area contributed by atoms with Crippen LogP contribution in [0.1, 0.15) is 18.9 Å². The molecule has 9 heteroatoms. The summed E-state index contributed by atoms with van der Waals surface area (Å²) >= 11 is 0. The Kier molecular flexibility index (Phi) is 5.75. The van der Waals surface area contributed by atoms with Gasteiger partial charge in [0.25, 0.3) is 0 Å². The van der Waals surface area contributed by atoms with E-state index in [2.05, 4.69) is 16.5 Å². The number of rotatable bonds is 6. The second kappa shape index (κ2) is 9.24. The molecule has 2 fully saturated rings. The molecule has 2 unspecified atom stereocenters. The average Bonchev–Trinajstić information content (AvgIpc) is 3.61. The van der Waals surface area contributed by atoms with E-state index in [1.165, 1.54) is 12.4 Å². The van der Waals surface area contributed by atoms with Crippen molar-refractivity contribution < 1.29 is 14.3 Å². The Morgan fingerprint density at radius 1 is 1.08 bits per heavy atom. The molecule has 2 aliphatic rings. The molecule has 1 aliphatic heterocycles. The molecule has 1 aliphatic carbocycles. The van der Waals surface area contributed by atoms with Crippen LogP contribution in [0.15, 0.2) is 67.5 Å². The third kappa shape index (κ3) is 4.06. The number of amides is 1. The normalized spacial score (nSPS) is 20.7. The second-order valence-electron chi connectivity index (χ2n) is 9.62. The lowest BCUT2D eigenvalue weighted by molar-refractivity contribution is -0.125. The number of carbonyl (C=O) groups excluding carboxylic acids is 1. The van der Waals surface area contributed by atoms with Gasteiger partial charge in [-0.1, -0.05) is 24.8 Å².